The second kappa shape index (κ2) is 4.43. The number of hydrogen-bond acceptors (Lipinski definition) is 1. The number of rotatable bonds is 1. The molecule has 0 amide bonds. The molecule has 4 aromatic rings. The van der Waals surface area contributed by atoms with Crippen molar-refractivity contribution >= 4 is 16.7 Å². The fourth-order valence-corrected chi connectivity index (χ4v) is 3.59. The molecular formula is C21H13NO. The summed E-state index contributed by atoms with van der Waals surface area (Å²) in [6.07, 6.45) is 0. The topological polar surface area (TPSA) is 22.0 Å². The van der Waals surface area contributed by atoms with Crippen LogP contribution in [0.2, 0.25) is 0 Å². The maximum absolute atomic E-state index is 13.0. The second-order valence-corrected chi connectivity index (χ2v) is 5.79. The van der Waals surface area contributed by atoms with Crippen LogP contribution >= 0.6 is 0 Å². The summed E-state index contributed by atoms with van der Waals surface area (Å²) in [5, 5.41) is 1.12. The predicted molar refractivity (Wildman–Crippen MR) is 92.1 cm³/mol. The lowest BCUT2D eigenvalue weighted by Gasteiger charge is -2.03. The minimum absolute atomic E-state index is 0.107. The Morgan fingerprint density at radius 2 is 1.39 bits per heavy atom. The summed E-state index contributed by atoms with van der Waals surface area (Å²) in [7, 11) is 0. The third-order valence-corrected chi connectivity index (χ3v) is 4.54. The molecule has 0 spiro atoms. The lowest BCUT2D eigenvalue weighted by atomic mass is 9.98. The van der Waals surface area contributed by atoms with Crippen molar-refractivity contribution in [2.75, 3.05) is 0 Å². The molecule has 2 nitrogen and oxygen atoms in total. The van der Waals surface area contributed by atoms with E-state index in [1.165, 1.54) is 0 Å². The van der Waals surface area contributed by atoms with Gasteiger partial charge in [-0.2, -0.15) is 0 Å². The van der Waals surface area contributed by atoms with Gasteiger partial charge in [0.25, 0.3) is 0 Å². The lowest BCUT2D eigenvalue weighted by Crippen LogP contribution is -1.98. The summed E-state index contributed by atoms with van der Waals surface area (Å²) < 4.78 is 2.11. The maximum Gasteiger partial charge on any atom is 0.212 e. The highest BCUT2D eigenvalue weighted by Gasteiger charge is 2.32. The van der Waals surface area contributed by atoms with Gasteiger partial charge >= 0.3 is 0 Å². The Bertz CT molecular complexity index is 1060. The molecule has 1 aliphatic heterocycles. The van der Waals surface area contributed by atoms with Crippen molar-refractivity contribution in [1.82, 2.24) is 4.57 Å². The van der Waals surface area contributed by atoms with E-state index in [4.69, 9.17) is 0 Å². The monoisotopic (exact) mass is 295 g/mol. The summed E-state index contributed by atoms with van der Waals surface area (Å²) >= 11 is 0. The minimum Gasteiger partial charge on any atom is -0.305 e. The van der Waals surface area contributed by atoms with Crippen LogP contribution in [0.25, 0.3) is 27.7 Å². The van der Waals surface area contributed by atoms with E-state index in [-0.39, 0.29) is 5.78 Å². The molecule has 0 saturated carbocycles. The van der Waals surface area contributed by atoms with Gasteiger partial charge in [-0.3, -0.25) is 4.79 Å². The molecule has 2 heterocycles. The zero-order chi connectivity index (χ0) is 15.4. The van der Waals surface area contributed by atoms with Crippen LogP contribution in [0.5, 0.6) is 0 Å². The van der Waals surface area contributed by atoms with Crippen molar-refractivity contribution in [1.29, 1.82) is 0 Å². The summed E-state index contributed by atoms with van der Waals surface area (Å²) in [6.45, 7) is 0. The third-order valence-electron chi connectivity index (χ3n) is 4.54. The van der Waals surface area contributed by atoms with Gasteiger partial charge < -0.3 is 4.57 Å². The number of aromatic nitrogens is 1. The number of carbonyl (C=O) groups excluding carboxylic acids is 1. The fourth-order valence-electron chi connectivity index (χ4n) is 3.59. The first-order chi connectivity index (χ1) is 11.4. The van der Waals surface area contributed by atoms with E-state index in [0.29, 0.717) is 0 Å². The number of benzene rings is 3. The van der Waals surface area contributed by atoms with Crippen LogP contribution in [0.4, 0.5) is 0 Å². The van der Waals surface area contributed by atoms with Crippen LogP contribution in [-0.2, 0) is 0 Å². The van der Waals surface area contributed by atoms with Gasteiger partial charge in [0.2, 0.25) is 5.78 Å². The van der Waals surface area contributed by atoms with E-state index in [1.807, 2.05) is 54.6 Å². The van der Waals surface area contributed by atoms with Gasteiger partial charge in [0.15, 0.2) is 0 Å². The summed E-state index contributed by atoms with van der Waals surface area (Å²) in [6, 6.07) is 26.2. The van der Waals surface area contributed by atoms with Gasteiger partial charge in [-0.25, -0.2) is 0 Å². The smallest absolute Gasteiger partial charge is 0.212 e. The van der Waals surface area contributed by atoms with Gasteiger partial charge in [0.05, 0.1) is 11.2 Å². The van der Waals surface area contributed by atoms with Crippen LogP contribution in [0, 0.1) is 0 Å². The van der Waals surface area contributed by atoms with E-state index in [2.05, 4.69) is 28.8 Å². The Hall–Kier alpha value is -3.13. The van der Waals surface area contributed by atoms with E-state index in [9.17, 15) is 4.79 Å². The molecular weight excluding hydrogens is 282 g/mol. The average molecular weight is 295 g/mol. The standard InChI is InChI=1S/C21H13NO/c23-21-16-11-5-7-13-18(16)22-17-12-6-4-10-15(17)19(20(21)22)14-8-2-1-3-9-14/h1-13H. The highest BCUT2D eigenvalue weighted by atomic mass is 16.1. The quantitative estimate of drug-likeness (QED) is 0.433. The number of ketones is 1. The predicted octanol–water partition coefficient (Wildman–Crippen LogP) is 4.84. The molecule has 1 aliphatic rings. The van der Waals surface area contributed by atoms with Crippen molar-refractivity contribution in [3.05, 3.63) is 90.1 Å². The van der Waals surface area contributed by atoms with E-state index >= 15 is 0 Å². The highest BCUT2D eigenvalue weighted by Crippen LogP contribution is 2.42. The molecule has 5 rings (SSSR count). The molecule has 108 valence electrons. The molecule has 0 aliphatic carbocycles. The summed E-state index contributed by atoms with van der Waals surface area (Å²) in [5.74, 6) is 0.107. The minimum atomic E-state index is 0.107. The molecule has 2 heteroatoms. The normalized spacial score (nSPS) is 12.4. The maximum atomic E-state index is 13.0. The Morgan fingerprint density at radius 3 is 2.26 bits per heavy atom. The Morgan fingerprint density at radius 1 is 0.696 bits per heavy atom. The molecule has 0 bridgehead atoms. The van der Waals surface area contributed by atoms with Crippen LogP contribution in [0.1, 0.15) is 16.1 Å². The largest absolute Gasteiger partial charge is 0.305 e. The van der Waals surface area contributed by atoms with Gasteiger partial charge in [0.1, 0.15) is 5.69 Å². The summed E-state index contributed by atoms with van der Waals surface area (Å²) in [4.78, 5) is 13.0. The molecule has 0 fully saturated rings. The summed E-state index contributed by atoms with van der Waals surface area (Å²) in [5.41, 5.74) is 5.73. The first-order valence-corrected chi connectivity index (χ1v) is 7.69. The fraction of sp³-hybridized carbons (Fsp3) is 0. The van der Waals surface area contributed by atoms with E-state index < -0.39 is 0 Å². The Labute approximate surface area is 133 Å². The van der Waals surface area contributed by atoms with Gasteiger partial charge in [-0.15, -0.1) is 0 Å². The van der Waals surface area contributed by atoms with Crippen LogP contribution in [0.15, 0.2) is 78.9 Å². The number of fused-ring (bicyclic) bond motifs is 5. The number of nitrogens with zero attached hydrogens (tertiary/aromatic N) is 1. The highest BCUT2D eigenvalue weighted by molar-refractivity contribution is 6.22. The zero-order valence-electron chi connectivity index (χ0n) is 12.4. The molecule has 0 atom stereocenters. The lowest BCUT2D eigenvalue weighted by molar-refractivity contribution is 0.104. The number of para-hydroxylation sites is 2. The van der Waals surface area contributed by atoms with Gasteiger partial charge in [0, 0.05) is 16.5 Å². The first-order valence-electron chi connectivity index (χ1n) is 7.69. The SMILES string of the molecule is O=C1c2ccccc2-n2c1c(-c1ccccc1)c1ccccc12. The third kappa shape index (κ3) is 1.55. The van der Waals surface area contributed by atoms with Crippen molar-refractivity contribution in [3.8, 4) is 16.8 Å². The van der Waals surface area contributed by atoms with Crippen LogP contribution < -0.4 is 0 Å². The molecule has 3 aromatic carbocycles. The molecule has 0 N–H and O–H groups in total. The Kier molecular flexibility index (Phi) is 2.39. The molecule has 0 radical (unpaired) electrons. The van der Waals surface area contributed by atoms with Crippen molar-refractivity contribution < 1.29 is 4.79 Å². The number of carbonyl (C=O) groups is 1. The van der Waals surface area contributed by atoms with E-state index in [0.717, 1.165) is 39.0 Å². The second-order valence-electron chi connectivity index (χ2n) is 5.79. The van der Waals surface area contributed by atoms with Crippen LogP contribution in [-0.4, -0.2) is 10.4 Å². The van der Waals surface area contributed by atoms with Crippen molar-refractivity contribution in [2.45, 2.75) is 0 Å². The van der Waals surface area contributed by atoms with Gasteiger partial charge in [-0.1, -0.05) is 60.7 Å². The van der Waals surface area contributed by atoms with Gasteiger partial charge in [-0.05, 0) is 23.8 Å². The molecule has 0 saturated heterocycles. The molecule has 1 aromatic heterocycles. The van der Waals surface area contributed by atoms with E-state index in [1.54, 1.807) is 0 Å². The van der Waals surface area contributed by atoms with Crippen molar-refractivity contribution in [3.63, 3.8) is 0 Å². The first kappa shape index (κ1) is 12.4. The Balaban J connectivity index is 1.98. The number of hydrogen-bond donors (Lipinski definition) is 0. The van der Waals surface area contributed by atoms with Crippen molar-refractivity contribution in [2.24, 2.45) is 0 Å². The zero-order valence-corrected chi connectivity index (χ0v) is 12.4. The molecule has 23 heavy (non-hydrogen) atoms. The molecule has 0 unspecified atom stereocenters. The average Bonchev–Trinajstić information content (AvgIpc) is 3.10. The van der Waals surface area contributed by atoms with Crippen LogP contribution in [0.3, 0.4) is 0 Å².